The number of carbonyl (C=O) groups is 1. The number of ether oxygens (including phenoxy) is 1. The van der Waals surface area contributed by atoms with Gasteiger partial charge in [-0.25, -0.2) is 0 Å². The zero-order valence-electron chi connectivity index (χ0n) is 17.6. The van der Waals surface area contributed by atoms with Gasteiger partial charge in [0.25, 0.3) is 0 Å². The number of aryl methyl sites for hydroxylation is 5. The molecule has 3 rings (SSSR count). The largest absolute Gasteiger partial charge is 0.496 e. The number of allylic oxidation sites excluding steroid dienone is 1. The average molecular weight is 377 g/mol. The predicted molar refractivity (Wildman–Crippen MR) is 115 cm³/mol. The third-order valence-corrected chi connectivity index (χ3v) is 5.26. The van der Waals surface area contributed by atoms with Crippen LogP contribution in [-0.2, 0) is 4.79 Å². The first-order valence-corrected chi connectivity index (χ1v) is 9.37. The number of hydrogen-bond acceptors (Lipinski definition) is 3. The number of nitrogens with one attached hydrogen (secondary N) is 1. The number of hydrogen-bond donors (Lipinski definition) is 1. The monoisotopic (exact) mass is 377 g/mol. The zero-order valence-corrected chi connectivity index (χ0v) is 17.6. The molecule has 1 heterocycles. The molecule has 2 aromatic carbocycles. The van der Waals surface area contributed by atoms with Crippen LogP contribution >= 0.6 is 0 Å². The van der Waals surface area contributed by atoms with Gasteiger partial charge in [0.05, 0.1) is 7.11 Å². The summed E-state index contributed by atoms with van der Waals surface area (Å²) in [4.78, 5) is 12.6. The number of fused-ring (bicyclic) bond motifs is 1. The molecular formula is C24H27NO3. The number of carbonyl (C=O) groups excluding carboxylic acids is 1. The van der Waals surface area contributed by atoms with E-state index < -0.39 is 0 Å². The maximum atomic E-state index is 12.6. The summed E-state index contributed by atoms with van der Waals surface area (Å²) in [5.41, 5.74) is 7.64. The normalized spacial score (nSPS) is 11.8. The molecule has 0 bridgehead atoms. The molecule has 4 nitrogen and oxygen atoms in total. The van der Waals surface area contributed by atoms with E-state index in [4.69, 9.17) is 9.15 Å². The number of furan rings is 1. The molecule has 0 unspecified atom stereocenters. The fourth-order valence-electron chi connectivity index (χ4n) is 3.56. The molecule has 1 aromatic heterocycles. The average Bonchev–Trinajstić information content (AvgIpc) is 2.92. The molecule has 0 radical (unpaired) electrons. The molecule has 146 valence electrons. The fraction of sp³-hybridized carbons (Fsp3) is 0.292. The van der Waals surface area contributed by atoms with E-state index in [9.17, 15) is 4.79 Å². The minimum atomic E-state index is -0.163. The van der Waals surface area contributed by atoms with Gasteiger partial charge in [0, 0.05) is 28.3 Å². The molecule has 0 aliphatic heterocycles. The molecule has 3 aromatic rings. The quantitative estimate of drug-likeness (QED) is 0.565. The highest BCUT2D eigenvalue weighted by atomic mass is 16.5. The van der Waals surface area contributed by atoms with E-state index in [0.717, 1.165) is 56.0 Å². The molecule has 0 spiro atoms. The summed E-state index contributed by atoms with van der Waals surface area (Å²) in [6, 6.07) is 8.02. The van der Waals surface area contributed by atoms with Gasteiger partial charge in [-0.3, -0.25) is 4.79 Å². The summed E-state index contributed by atoms with van der Waals surface area (Å²) < 4.78 is 11.6. The number of anilines is 1. The van der Waals surface area contributed by atoms with Crippen molar-refractivity contribution in [1.82, 2.24) is 0 Å². The van der Waals surface area contributed by atoms with E-state index in [-0.39, 0.29) is 5.91 Å². The summed E-state index contributed by atoms with van der Waals surface area (Å²) in [6.07, 6.45) is 1.62. The lowest BCUT2D eigenvalue weighted by Crippen LogP contribution is -2.10. The summed E-state index contributed by atoms with van der Waals surface area (Å²) >= 11 is 0. The SMILES string of the molecule is COc1c(/C(C)=C/C(=O)Nc2ccc(C)cc2C)cc2c(C)c(C)oc2c1C. The third-order valence-electron chi connectivity index (χ3n) is 5.26. The van der Waals surface area contributed by atoms with Gasteiger partial charge in [0.1, 0.15) is 17.1 Å². The van der Waals surface area contributed by atoms with Gasteiger partial charge in [-0.05, 0) is 70.4 Å². The second-order valence-corrected chi connectivity index (χ2v) is 7.38. The molecule has 1 N–H and O–H groups in total. The molecule has 0 atom stereocenters. The van der Waals surface area contributed by atoms with Crippen molar-refractivity contribution in [2.45, 2.75) is 41.5 Å². The van der Waals surface area contributed by atoms with Gasteiger partial charge in [-0.2, -0.15) is 0 Å². The first kappa shape index (κ1) is 19.7. The number of methoxy groups -OCH3 is 1. The number of rotatable bonds is 4. The lowest BCUT2D eigenvalue weighted by atomic mass is 9.98. The Hall–Kier alpha value is -3.01. The molecule has 0 aliphatic rings. The summed E-state index contributed by atoms with van der Waals surface area (Å²) in [7, 11) is 1.64. The smallest absolute Gasteiger partial charge is 0.248 e. The van der Waals surface area contributed by atoms with E-state index in [2.05, 4.69) is 11.4 Å². The van der Waals surface area contributed by atoms with Crippen LogP contribution in [0.1, 0.15) is 40.5 Å². The third kappa shape index (κ3) is 3.55. The lowest BCUT2D eigenvalue weighted by molar-refractivity contribution is -0.111. The van der Waals surface area contributed by atoms with Gasteiger partial charge in [0.2, 0.25) is 5.91 Å². The van der Waals surface area contributed by atoms with Gasteiger partial charge in [0.15, 0.2) is 0 Å². The van der Waals surface area contributed by atoms with Crippen molar-refractivity contribution >= 4 is 28.1 Å². The van der Waals surface area contributed by atoms with Crippen molar-refractivity contribution in [2.75, 3.05) is 12.4 Å². The zero-order chi connectivity index (χ0) is 20.6. The van der Waals surface area contributed by atoms with Crippen molar-refractivity contribution in [1.29, 1.82) is 0 Å². The second kappa shape index (κ2) is 7.55. The van der Waals surface area contributed by atoms with Crippen molar-refractivity contribution in [3.05, 3.63) is 63.9 Å². The van der Waals surface area contributed by atoms with Crippen molar-refractivity contribution < 1.29 is 13.9 Å². The van der Waals surface area contributed by atoms with Gasteiger partial charge in [-0.15, -0.1) is 0 Å². The highest BCUT2D eigenvalue weighted by Gasteiger charge is 2.18. The van der Waals surface area contributed by atoms with E-state index in [1.165, 1.54) is 5.56 Å². The standard InChI is InChI=1S/C24H27NO3/c1-13-8-9-21(15(3)10-13)25-22(26)11-14(2)19-12-20-16(4)18(6)28-24(20)17(5)23(19)27-7/h8-12H,1-7H3,(H,25,26)/b14-11+. The minimum absolute atomic E-state index is 0.163. The maximum absolute atomic E-state index is 12.6. The van der Waals surface area contributed by atoms with Crippen LogP contribution in [-0.4, -0.2) is 13.0 Å². The van der Waals surface area contributed by atoms with Gasteiger partial charge >= 0.3 is 0 Å². The molecule has 0 aliphatic carbocycles. The molecule has 0 fully saturated rings. The number of benzene rings is 2. The fourth-order valence-corrected chi connectivity index (χ4v) is 3.56. The highest BCUT2D eigenvalue weighted by Crippen LogP contribution is 2.38. The van der Waals surface area contributed by atoms with Gasteiger partial charge < -0.3 is 14.5 Å². The van der Waals surface area contributed by atoms with Crippen LogP contribution in [0.3, 0.4) is 0 Å². The van der Waals surface area contributed by atoms with Crippen molar-refractivity contribution in [3.8, 4) is 5.75 Å². The maximum Gasteiger partial charge on any atom is 0.248 e. The second-order valence-electron chi connectivity index (χ2n) is 7.38. The Morgan fingerprint density at radius 3 is 2.43 bits per heavy atom. The van der Waals surface area contributed by atoms with E-state index in [1.54, 1.807) is 13.2 Å². The molecule has 1 amide bonds. The Labute approximate surface area is 166 Å². The molecule has 0 saturated heterocycles. The Kier molecular flexibility index (Phi) is 5.32. The van der Waals surface area contributed by atoms with Crippen molar-refractivity contribution in [3.63, 3.8) is 0 Å². The summed E-state index contributed by atoms with van der Waals surface area (Å²) in [6.45, 7) is 11.9. The van der Waals surface area contributed by atoms with Crippen molar-refractivity contribution in [2.24, 2.45) is 0 Å². The van der Waals surface area contributed by atoms with Crippen LogP contribution in [0.2, 0.25) is 0 Å². The minimum Gasteiger partial charge on any atom is -0.496 e. The van der Waals surface area contributed by atoms with Gasteiger partial charge in [-0.1, -0.05) is 17.7 Å². The summed E-state index contributed by atoms with van der Waals surface area (Å²) in [5, 5.41) is 4.02. The molecule has 0 saturated carbocycles. The Bertz CT molecular complexity index is 1100. The van der Waals surface area contributed by atoms with Crippen LogP contribution < -0.4 is 10.1 Å². The van der Waals surface area contributed by atoms with Crippen LogP contribution in [0.15, 0.2) is 34.8 Å². The first-order chi connectivity index (χ1) is 13.2. The van der Waals surface area contributed by atoms with Crippen LogP contribution in [0.4, 0.5) is 5.69 Å². The molecule has 28 heavy (non-hydrogen) atoms. The lowest BCUT2D eigenvalue weighted by Gasteiger charge is -2.13. The Morgan fingerprint density at radius 2 is 1.79 bits per heavy atom. The first-order valence-electron chi connectivity index (χ1n) is 9.37. The number of amides is 1. The van der Waals surface area contributed by atoms with E-state index >= 15 is 0 Å². The van der Waals surface area contributed by atoms with E-state index in [0.29, 0.717) is 0 Å². The topological polar surface area (TPSA) is 51.5 Å². The van der Waals surface area contributed by atoms with Crippen LogP contribution in [0.25, 0.3) is 16.5 Å². The molecular weight excluding hydrogens is 350 g/mol. The van der Waals surface area contributed by atoms with Crippen LogP contribution in [0, 0.1) is 34.6 Å². The van der Waals surface area contributed by atoms with E-state index in [1.807, 2.05) is 59.7 Å². The van der Waals surface area contributed by atoms with Crippen LogP contribution in [0.5, 0.6) is 5.75 Å². The Balaban J connectivity index is 2.00. The Morgan fingerprint density at radius 1 is 1.07 bits per heavy atom. The molecule has 4 heteroatoms. The summed E-state index contributed by atoms with van der Waals surface area (Å²) in [5.74, 6) is 1.46. The predicted octanol–water partition coefficient (Wildman–Crippen LogP) is 6.03. The highest BCUT2D eigenvalue weighted by molar-refractivity contribution is 6.05.